The quantitative estimate of drug-likeness (QED) is 0.319. The van der Waals surface area contributed by atoms with Gasteiger partial charge in [0.2, 0.25) is 0 Å². The summed E-state index contributed by atoms with van der Waals surface area (Å²) in [7, 11) is 0. The van der Waals surface area contributed by atoms with E-state index in [4.69, 9.17) is 4.74 Å². The summed E-state index contributed by atoms with van der Waals surface area (Å²) in [5.74, 6) is 0.0407. The topological polar surface area (TPSA) is 26.3 Å². The third-order valence-electron chi connectivity index (χ3n) is 4.83. The maximum atomic E-state index is 11.7. The van der Waals surface area contributed by atoms with E-state index >= 15 is 0 Å². The Balaban J connectivity index is 1.94. The Hall–Kier alpha value is -0.530. The second-order valence-electron chi connectivity index (χ2n) is 7.04. The Bertz CT molecular complexity index is 262. The molecule has 0 amide bonds. The highest BCUT2D eigenvalue weighted by molar-refractivity contribution is 5.69. The molecular formula is C20H38O2. The fourth-order valence-electron chi connectivity index (χ4n) is 3.36. The molecule has 0 aromatic rings. The van der Waals surface area contributed by atoms with E-state index < -0.39 is 0 Å². The maximum absolute atomic E-state index is 11.7. The summed E-state index contributed by atoms with van der Waals surface area (Å²) in [6, 6.07) is 0. The zero-order valence-corrected chi connectivity index (χ0v) is 14.9. The highest BCUT2D eigenvalue weighted by Crippen LogP contribution is 2.19. The second kappa shape index (κ2) is 14.1. The average Bonchev–Trinajstić information content (AvgIpc) is 2.61. The molecule has 0 aromatic carbocycles. The molecule has 1 atom stereocenters. The number of ether oxygens (including phenoxy) is 1. The molecule has 2 nitrogen and oxygen atoms in total. The summed E-state index contributed by atoms with van der Waals surface area (Å²) >= 11 is 0. The first-order valence-corrected chi connectivity index (χ1v) is 10.0. The van der Waals surface area contributed by atoms with Crippen molar-refractivity contribution < 1.29 is 9.53 Å². The molecule has 1 rings (SSSR count). The van der Waals surface area contributed by atoms with Crippen molar-refractivity contribution in [1.29, 1.82) is 0 Å². The van der Waals surface area contributed by atoms with E-state index in [1.807, 2.05) is 0 Å². The zero-order chi connectivity index (χ0) is 15.9. The van der Waals surface area contributed by atoms with Crippen LogP contribution in [-0.4, -0.2) is 12.1 Å². The second-order valence-corrected chi connectivity index (χ2v) is 7.04. The van der Waals surface area contributed by atoms with Crippen molar-refractivity contribution in [2.75, 3.05) is 0 Å². The lowest BCUT2D eigenvalue weighted by atomic mass is 10.0. The lowest BCUT2D eigenvalue weighted by Gasteiger charge is -2.16. The molecule has 1 aliphatic heterocycles. The average molecular weight is 311 g/mol. The van der Waals surface area contributed by atoms with Gasteiger partial charge in [0.05, 0.1) is 0 Å². The fourth-order valence-corrected chi connectivity index (χ4v) is 3.36. The lowest BCUT2D eigenvalue weighted by molar-refractivity contribution is -0.149. The Morgan fingerprint density at radius 3 is 2.09 bits per heavy atom. The molecule has 0 N–H and O–H groups in total. The van der Waals surface area contributed by atoms with Gasteiger partial charge in [-0.25, -0.2) is 0 Å². The van der Waals surface area contributed by atoms with Crippen LogP contribution in [0.4, 0.5) is 0 Å². The number of carbonyl (C=O) groups excluding carboxylic acids is 1. The van der Waals surface area contributed by atoms with E-state index in [1.54, 1.807) is 0 Å². The third-order valence-corrected chi connectivity index (χ3v) is 4.83. The van der Waals surface area contributed by atoms with Gasteiger partial charge in [-0.2, -0.15) is 0 Å². The van der Waals surface area contributed by atoms with Crippen molar-refractivity contribution in [3.05, 3.63) is 0 Å². The molecule has 0 radical (unpaired) electrons. The molecule has 1 unspecified atom stereocenters. The highest BCUT2D eigenvalue weighted by Gasteiger charge is 2.15. The van der Waals surface area contributed by atoms with E-state index in [9.17, 15) is 4.79 Å². The molecule has 0 saturated carbocycles. The summed E-state index contributed by atoms with van der Waals surface area (Å²) in [5.41, 5.74) is 0. The van der Waals surface area contributed by atoms with Crippen LogP contribution in [0.2, 0.25) is 0 Å². The normalized spacial score (nSPS) is 20.0. The SMILES string of the molecule is CCCCCCCCCCCCC1CCCCCCC(=O)O1. The van der Waals surface area contributed by atoms with Gasteiger partial charge in [-0.15, -0.1) is 0 Å². The first-order chi connectivity index (χ1) is 10.8. The van der Waals surface area contributed by atoms with Crippen molar-refractivity contribution in [3.8, 4) is 0 Å². The Morgan fingerprint density at radius 2 is 1.41 bits per heavy atom. The van der Waals surface area contributed by atoms with Crippen molar-refractivity contribution in [1.82, 2.24) is 0 Å². The Kier molecular flexibility index (Phi) is 12.5. The van der Waals surface area contributed by atoms with E-state index in [2.05, 4.69) is 6.92 Å². The van der Waals surface area contributed by atoms with Gasteiger partial charge < -0.3 is 4.74 Å². The summed E-state index contributed by atoms with van der Waals surface area (Å²) in [6.45, 7) is 2.27. The number of carbonyl (C=O) groups is 1. The number of rotatable bonds is 11. The standard InChI is InChI=1S/C20H38O2/c1-2-3-4-5-6-7-8-9-10-13-16-19-17-14-11-12-15-18-20(21)22-19/h19H,2-18H2,1H3. The highest BCUT2D eigenvalue weighted by atomic mass is 16.5. The van der Waals surface area contributed by atoms with Gasteiger partial charge >= 0.3 is 5.97 Å². The minimum absolute atomic E-state index is 0.0407. The Morgan fingerprint density at radius 1 is 0.818 bits per heavy atom. The zero-order valence-electron chi connectivity index (χ0n) is 14.9. The third kappa shape index (κ3) is 11.1. The minimum Gasteiger partial charge on any atom is -0.462 e. The molecule has 0 aliphatic carbocycles. The number of esters is 1. The van der Waals surface area contributed by atoms with Crippen molar-refractivity contribution in [3.63, 3.8) is 0 Å². The number of unbranched alkanes of at least 4 members (excludes halogenated alkanes) is 9. The van der Waals surface area contributed by atoms with Gasteiger partial charge in [0.25, 0.3) is 0 Å². The molecule has 2 heteroatoms. The van der Waals surface area contributed by atoms with Crippen LogP contribution in [0.3, 0.4) is 0 Å². The number of cyclic esters (lactones) is 1. The molecule has 22 heavy (non-hydrogen) atoms. The van der Waals surface area contributed by atoms with Gasteiger partial charge in [0.1, 0.15) is 6.10 Å². The van der Waals surface area contributed by atoms with Crippen LogP contribution in [0.15, 0.2) is 0 Å². The number of hydrogen-bond donors (Lipinski definition) is 0. The van der Waals surface area contributed by atoms with Crippen LogP contribution in [0, 0.1) is 0 Å². The fraction of sp³-hybridized carbons (Fsp3) is 0.950. The van der Waals surface area contributed by atoms with Crippen molar-refractivity contribution in [2.24, 2.45) is 0 Å². The predicted molar refractivity (Wildman–Crippen MR) is 94.0 cm³/mol. The van der Waals surface area contributed by atoms with Crippen LogP contribution in [-0.2, 0) is 9.53 Å². The van der Waals surface area contributed by atoms with E-state index in [-0.39, 0.29) is 12.1 Å². The van der Waals surface area contributed by atoms with Gasteiger partial charge in [0.15, 0.2) is 0 Å². The van der Waals surface area contributed by atoms with Crippen LogP contribution >= 0.6 is 0 Å². The van der Waals surface area contributed by atoms with E-state index in [0.717, 1.165) is 19.3 Å². The Labute approximate surface area is 138 Å². The van der Waals surface area contributed by atoms with Gasteiger partial charge in [-0.1, -0.05) is 77.6 Å². The van der Waals surface area contributed by atoms with E-state index in [0.29, 0.717) is 6.42 Å². The largest absolute Gasteiger partial charge is 0.462 e. The molecule has 1 saturated heterocycles. The first-order valence-electron chi connectivity index (χ1n) is 10.0. The molecule has 1 fully saturated rings. The summed E-state index contributed by atoms with van der Waals surface area (Å²) in [6.07, 6.45) is 21.4. The number of hydrogen-bond acceptors (Lipinski definition) is 2. The first kappa shape index (κ1) is 19.5. The molecule has 130 valence electrons. The molecule has 1 heterocycles. The van der Waals surface area contributed by atoms with Gasteiger partial charge in [0, 0.05) is 6.42 Å². The van der Waals surface area contributed by atoms with Crippen LogP contribution < -0.4 is 0 Å². The lowest BCUT2D eigenvalue weighted by Crippen LogP contribution is -2.17. The van der Waals surface area contributed by atoms with Crippen molar-refractivity contribution in [2.45, 2.75) is 122 Å². The predicted octanol–water partition coefficient (Wildman–Crippen LogP) is 6.56. The van der Waals surface area contributed by atoms with Gasteiger partial charge in [-0.05, 0) is 32.1 Å². The molecule has 1 aliphatic rings. The van der Waals surface area contributed by atoms with E-state index in [1.165, 1.54) is 83.5 Å². The smallest absolute Gasteiger partial charge is 0.306 e. The minimum atomic E-state index is 0.0407. The molecule has 0 spiro atoms. The molecule has 0 aromatic heterocycles. The van der Waals surface area contributed by atoms with Crippen LogP contribution in [0.1, 0.15) is 116 Å². The summed E-state index contributed by atoms with van der Waals surface area (Å²) < 4.78 is 5.61. The molecule has 0 bridgehead atoms. The monoisotopic (exact) mass is 310 g/mol. The summed E-state index contributed by atoms with van der Waals surface area (Å²) in [4.78, 5) is 11.7. The van der Waals surface area contributed by atoms with Gasteiger partial charge in [-0.3, -0.25) is 4.79 Å². The maximum Gasteiger partial charge on any atom is 0.306 e. The molecular weight excluding hydrogens is 272 g/mol. The van der Waals surface area contributed by atoms with Crippen molar-refractivity contribution >= 4 is 5.97 Å². The van der Waals surface area contributed by atoms with Crippen LogP contribution in [0.5, 0.6) is 0 Å². The van der Waals surface area contributed by atoms with Crippen LogP contribution in [0.25, 0.3) is 0 Å². The summed E-state index contributed by atoms with van der Waals surface area (Å²) in [5, 5.41) is 0.